The topological polar surface area (TPSA) is 119 Å². The van der Waals surface area contributed by atoms with E-state index < -0.39 is 24.6 Å². The van der Waals surface area contributed by atoms with Crippen LogP contribution in [0, 0.1) is 0 Å². The lowest BCUT2D eigenvalue weighted by Crippen LogP contribution is -2.33. The third-order valence-corrected chi connectivity index (χ3v) is 1.66. The summed E-state index contributed by atoms with van der Waals surface area (Å²) >= 11 is 0. The zero-order chi connectivity index (χ0) is 9.14. The van der Waals surface area contributed by atoms with E-state index >= 15 is 0 Å². The molecule has 1 heterocycles. The lowest BCUT2D eigenvalue weighted by Gasteiger charge is -2.10. The number of aliphatic hydroxyl groups excluding tert-OH is 3. The van der Waals surface area contributed by atoms with Gasteiger partial charge in [0.05, 0.1) is 12.6 Å². The van der Waals surface area contributed by atoms with E-state index in [1.165, 1.54) is 0 Å². The van der Waals surface area contributed by atoms with Gasteiger partial charge in [0.25, 0.3) is 0 Å². The van der Waals surface area contributed by atoms with Gasteiger partial charge < -0.3 is 20.1 Å². The average Bonchev–Trinajstić information content (AvgIpc) is 2.30. The van der Waals surface area contributed by atoms with Crippen LogP contribution in [0.2, 0.25) is 0 Å². The molecule has 1 aliphatic rings. The Morgan fingerprint density at radius 2 is 2.00 bits per heavy atom. The molecule has 1 fully saturated rings. The van der Waals surface area contributed by atoms with E-state index in [-0.39, 0.29) is 6.54 Å². The largest absolute Gasteiger partial charge is 0.387 e. The summed E-state index contributed by atoms with van der Waals surface area (Å²) in [5, 5.41) is 30.1. The summed E-state index contributed by atoms with van der Waals surface area (Å²) in [6, 6.07) is 0. The Hall–Kier alpha value is -0.850. The Labute approximate surface area is 67.8 Å². The van der Waals surface area contributed by atoms with Gasteiger partial charge in [-0.25, -0.2) is 0 Å². The van der Waals surface area contributed by atoms with Gasteiger partial charge in [-0.3, -0.25) is 0 Å². The smallest absolute Gasteiger partial charge is 0.183 e. The van der Waals surface area contributed by atoms with Crippen LogP contribution < -0.4 is 0 Å². The molecular weight excluding hydrogens is 166 g/mol. The number of azide groups is 1. The summed E-state index contributed by atoms with van der Waals surface area (Å²) in [7, 11) is 0. The van der Waals surface area contributed by atoms with Crippen molar-refractivity contribution in [3.63, 3.8) is 0 Å². The Kier molecular flexibility index (Phi) is 2.85. The summed E-state index contributed by atoms with van der Waals surface area (Å²) in [6.07, 6.45) is -4.76. The maximum Gasteiger partial charge on any atom is 0.183 e. The van der Waals surface area contributed by atoms with E-state index in [4.69, 9.17) is 20.9 Å². The van der Waals surface area contributed by atoms with Crippen molar-refractivity contribution in [3.05, 3.63) is 10.4 Å². The SMILES string of the molecule is [N-]=[N+]=NC[C@H]1OC(O)[C@H](O)[C@@H]1O. The van der Waals surface area contributed by atoms with Crippen molar-refractivity contribution < 1.29 is 20.1 Å². The van der Waals surface area contributed by atoms with Gasteiger partial charge in [-0.1, -0.05) is 5.11 Å². The monoisotopic (exact) mass is 175 g/mol. The average molecular weight is 175 g/mol. The minimum Gasteiger partial charge on any atom is -0.387 e. The second-order valence-electron chi connectivity index (χ2n) is 2.46. The molecule has 0 aromatic rings. The van der Waals surface area contributed by atoms with Crippen LogP contribution >= 0.6 is 0 Å². The van der Waals surface area contributed by atoms with E-state index in [0.717, 1.165) is 0 Å². The Morgan fingerprint density at radius 1 is 1.33 bits per heavy atom. The molecule has 0 amide bonds. The molecule has 0 radical (unpaired) electrons. The highest BCUT2D eigenvalue weighted by Gasteiger charge is 2.41. The molecule has 0 aromatic heterocycles. The van der Waals surface area contributed by atoms with Crippen LogP contribution in [0.25, 0.3) is 10.4 Å². The molecule has 7 nitrogen and oxygen atoms in total. The molecule has 0 aliphatic carbocycles. The fourth-order valence-corrected chi connectivity index (χ4v) is 0.997. The van der Waals surface area contributed by atoms with Gasteiger partial charge in [0.1, 0.15) is 12.2 Å². The van der Waals surface area contributed by atoms with Gasteiger partial charge in [0.15, 0.2) is 6.29 Å². The molecule has 7 heteroatoms. The van der Waals surface area contributed by atoms with Gasteiger partial charge >= 0.3 is 0 Å². The first-order chi connectivity index (χ1) is 5.66. The van der Waals surface area contributed by atoms with E-state index in [1.54, 1.807) is 0 Å². The van der Waals surface area contributed by atoms with Crippen molar-refractivity contribution in [1.29, 1.82) is 0 Å². The van der Waals surface area contributed by atoms with Gasteiger partial charge in [-0.05, 0) is 5.53 Å². The highest BCUT2D eigenvalue weighted by Crippen LogP contribution is 2.19. The van der Waals surface area contributed by atoms with Crippen molar-refractivity contribution in [3.8, 4) is 0 Å². The molecule has 4 atom stereocenters. The number of hydrogen-bond donors (Lipinski definition) is 3. The quantitative estimate of drug-likeness (QED) is 0.275. The summed E-state index contributed by atoms with van der Waals surface area (Å²) in [6.45, 7) is -0.105. The predicted molar refractivity (Wildman–Crippen MR) is 36.9 cm³/mol. The minimum atomic E-state index is -1.40. The fourth-order valence-electron chi connectivity index (χ4n) is 0.997. The van der Waals surface area contributed by atoms with Crippen LogP contribution in [0.15, 0.2) is 5.11 Å². The van der Waals surface area contributed by atoms with Crippen LogP contribution in [-0.2, 0) is 4.74 Å². The zero-order valence-electron chi connectivity index (χ0n) is 6.11. The number of rotatable bonds is 2. The Balaban J connectivity index is 2.52. The van der Waals surface area contributed by atoms with Crippen LogP contribution in [0.4, 0.5) is 0 Å². The zero-order valence-corrected chi connectivity index (χ0v) is 6.11. The minimum absolute atomic E-state index is 0.105. The Bertz CT molecular complexity index is 205. The summed E-state index contributed by atoms with van der Waals surface area (Å²) in [5.74, 6) is 0. The van der Waals surface area contributed by atoms with Crippen molar-refractivity contribution >= 4 is 0 Å². The van der Waals surface area contributed by atoms with E-state index in [1.807, 2.05) is 0 Å². The third-order valence-electron chi connectivity index (χ3n) is 1.66. The van der Waals surface area contributed by atoms with Crippen LogP contribution in [-0.4, -0.2) is 46.5 Å². The molecule has 0 aromatic carbocycles. The van der Waals surface area contributed by atoms with Crippen LogP contribution in [0.1, 0.15) is 0 Å². The first-order valence-corrected chi connectivity index (χ1v) is 3.37. The molecule has 1 aliphatic heterocycles. The molecule has 1 rings (SSSR count). The van der Waals surface area contributed by atoms with Crippen molar-refractivity contribution in [2.75, 3.05) is 6.54 Å². The van der Waals surface area contributed by atoms with E-state index in [0.29, 0.717) is 0 Å². The lowest BCUT2D eigenvalue weighted by molar-refractivity contribution is -0.125. The fraction of sp³-hybridized carbons (Fsp3) is 1.00. The molecule has 0 spiro atoms. The normalized spacial score (nSPS) is 40.9. The second kappa shape index (κ2) is 3.70. The highest BCUT2D eigenvalue weighted by molar-refractivity contribution is 4.86. The van der Waals surface area contributed by atoms with Gasteiger partial charge in [0.2, 0.25) is 0 Å². The molecular formula is C5H9N3O4. The molecule has 3 N–H and O–H groups in total. The lowest BCUT2D eigenvalue weighted by atomic mass is 10.1. The number of aliphatic hydroxyl groups is 3. The molecule has 0 bridgehead atoms. The van der Waals surface area contributed by atoms with Crippen molar-refractivity contribution in [2.45, 2.75) is 24.6 Å². The third kappa shape index (κ3) is 1.66. The van der Waals surface area contributed by atoms with Crippen LogP contribution in [0.5, 0.6) is 0 Å². The summed E-state index contributed by atoms with van der Waals surface area (Å²) in [4.78, 5) is 2.45. The second-order valence-corrected chi connectivity index (χ2v) is 2.46. The summed E-state index contributed by atoms with van der Waals surface area (Å²) in [5.41, 5.74) is 7.94. The van der Waals surface area contributed by atoms with E-state index in [2.05, 4.69) is 14.8 Å². The molecule has 68 valence electrons. The van der Waals surface area contributed by atoms with Crippen molar-refractivity contribution in [1.82, 2.24) is 0 Å². The van der Waals surface area contributed by atoms with Gasteiger partial charge in [0, 0.05) is 4.91 Å². The Morgan fingerprint density at radius 3 is 2.42 bits per heavy atom. The van der Waals surface area contributed by atoms with Gasteiger partial charge in [-0.15, -0.1) is 0 Å². The van der Waals surface area contributed by atoms with Gasteiger partial charge in [-0.2, -0.15) is 0 Å². The molecule has 12 heavy (non-hydrogen) atoms. The molecule has 1 unspecified atom stereocenters. The van der Waals surface area contributed by atoms with E-state index in [9.17, 15) is 0 Å². The van der Waals surface area contributed by atoms with Crippen LogP contribution in [0.3, 0.4) is 0 Å². The summed E-state index contributed by atoms with van der Waals surface area (Å²) < 4.78 is 4.68. The number of hydrogen-bond acceptors (Lipinski definition) is 5. The van der Waals surface area contributed by atoms with Crippen molar-refractivity contribution in [2.24, 2.45) is 5.11 Å². The first kappa shape index (κ1) is 9.24. The molecule has 1 saturated heterocycles. The predicted octanol–water partition coefficient (Wildman–Crippen LogP) is -1.26. The number of ether oxygens (including phenoxy) is 1. The first-order valence-electron chi connectivity index (χ1n) is 3.37. The number of nitrogens with zero attached hydrogens (tertiary/aromatic N) is 3. The maximum absolute atomic E-state index is 9.14. The highest BCUT2D eigenvalue weighted by atomic mass is 16.6. The maximum atomic E-state index is 9.14. The molecule has 0 saturated carbocycles. The standard InChI is InChI=1S/C5H9N3O4/c6-8-7-1-2-3(9)4(10)5(11)12-2/h2-5,9-11H,1H2/t2-,3-,4-,5?/m1/s1.